The Morgan fingerprint density at radius 3 is 3.28 bits per heavy atom. The van der Waals surface area contributed by atoms with Gasteiger partial charge in [-0.3, -0.25) is 9.78 Å². The summed E-state index contributed by atoms with van der Waals surface area (Å²) < 4.78 is 4.93. The van der Waals surface area contributed by atoms with E-state index in [9.17, 15) is 4.79 Å². The van der Waals surface area contributed by atoms with Crippen molar-refractivity contribution in [1.82, 2.24) is 4.98 Å². The van der Waals surface area contributed by atoms with Gasteiger partial charge in [0, 0.05) is 13.0 Å². The summed E-state index contributed by atoms with van der Waals surface area (Å²) in [6.07, 6.45) is 3.87. The minimum atomic E-state index is -0.117. The van der Waals surface area contributed by atoms with Crippen molar-refractivity contribution in [2.75, 3.05) is 24.2 Å². The first-order valence-electron chi connectivity index (χ1n) is 6.33. The number of carbonyl (C=O) groups excluding carboxylic acids is 1. The third-order valence-corrected chi connectivity index (χ3v) is 3.12. The number of aromatic nitrogens is 1. The van der Waals surface area contributed by atoms with E-state index in [-0.39, 0.29) is 5.97 Å². The molecule has 18 heavy (non-hydrogen) atoms. The Morgan fingerprint density at radius 1 is 1.67 bits per heavy atom. The van der Waals surface area contributed by atoms with E-state index in [4.69, 9.17) is 10.5 Å². The van der Waals surface area contributed by atoms with Crippen LogP contribution in [0.5, 0.6) is 0 Å². The molecule has 2 heterocycles. The van der Waals surface area contributed by atoms with Crippen molar-refractivity contribution in [2.24, 2.45) is 5.92 Å². The molecule has 1 aliphatic heterocycles. The second kappa shape index (κ2) is 5.71. The zero-order valence-electron chi connectivity index (χ0n) is 10.6. The Morgan fingerprint density at radius 2 is 2.50 bits per heavy atom. The molecule has 0 bridgehead atoms. The summed E-state index contributed by atoms with van der Waals surface area (Å²) in [5.74, 6) is 0.312. The smallest absolute Gasteiger partial charge is 0.305 e. The number of nitrogens with one attached hydrogen (secondary N) is 1. The molecule has 0 radical (unpaired) electrons. The van der Waals surface area contributed by atoms with Crippen LogP contribution in [-0.4, -0.2) is 24.1 Å². The van der Waals surface area contributed by atoms with Gasteiger partial charge in [-0.05, 0) is 31.7 Å². The maximum atomic E-state index is 11.3. The van der Waals surface area contributed by atoms with Gasteiger partial charge in [0.1, 0.15) is 0 Å². The summed E-state index contributed by atoms with van der Waals surface area (Å²) in [6.45, 7) is 3.13. The average molecular weight is 249 g/mol. The molecule has 0 amide bonds. The monoisotopic (exact) mass is 249 g/mol. The van der Waals surface area contributed by atoms with Gasteiger partial charge in [-0.15, -0.1) is 0 Å². The lowest BCUT2D eigenvalue weighted by atomic mass is 9.93. The zero-order valence-corrected chi connectivity index (χ0v) is 10.6. The molecule has 3 N–H and O–H groups in total. The van der Waals surface area contributed by atoms with Crippen molar-refractivity contribution in [3.8, 4) is 0 Å². The Balaban J connectivity index is 1.88. The molecule has 0 saturated carbocycles. The predicted octanol–water partition coefficient (Wildman–Crippen LogP) is 1.59. The second-order valence-electron chi connectivity index (χ2n) is 4.56. The number of hydrogen-bond acceptors (Lipinski definition) is 5. The number of nitrogens with zero attached hydrogens (tertiary/aromatic N) is 1. The summed E-state index contributed by atoms with van der Waals surface area (Å²) >= 11 is 0. The molecule has 0 saturated heterocycles. The van der Waals surface area contributed by atoms with Crippen molar-refractivity contribution in [2.45, 2.75) is 26.2 Å². The highest BCUT2D eigenvalue weighted by Crippen LogP contribution is 2.26. The molecule has 1 aliphatic rings. The maximum Gasteiger partial charge on any atom is 0.305 e. The lowest BCUT2D eigenvalue weighted by Crippen LogP contribution is -2.25. The summed E-state index contributed by atoms with van der Waals surface area (Å²) in [7, 11) is 0. The number of esters is 1. The Hall–Kier alpha value is -1.78. The highest BCUT2D eigenvalue weighted by molar-refractivity contribution is 5.69. The molecular formula is C13H19N3O2. The van der Waals surface area contributed by atoms with Crippen molar-refractivity contribution in [3.05, 3.63) is 18.0 Å². The van der Waals surface area contributed by atoms with Gasteiger partial charge in [-0.1, -0.05) is 0 Å². The number of fused-ring (bicyclic) bond motifs is 1. The number of ether oxygens (including phenoxy) is 1. The van der Waals surface area contributed by atoms with Crippen LogP contribution in [-0.2, 0) is 16.0 Å². The molecule has 1 aromatic heterocycles. The highest BCUT2D eigenvalue weighted by atomic mass is 16.5. The average Bonchev–Trinajstić information content (AvgIpc) is 2.36. The van der Waals surface area contributed by atoms with Crippen molar-refractivity contribution < 1.29 is 9.53 Å². The molecular weight excluding hydrogens is 230 g/mol. The summed E-state index contributed by atoms with van der Waals surface area (Å²) in [6, 6.07) is 1.91. The van der Waals surface area contributed by atoms with E-state index < -0.39 is 0 Å². The SMILES string of the molecule is CCOC(=O)CC[C@@H]1CNc2cc(N)cnc2C1. The number of hydrogen-bond donors (Lipinski definition) is 2. The molecule has 1 aromatic rings. The molecule has 5 heteroatoms. The lowest BCUT2D eigenvalue weighted by Gasteiger charge is -2.25. The normalized spacial score (nSPS) is 17.7. The van der Waals surface area contributed by atoms with Crippen LogP contribution in [0.2, 0.25) is 0 Å². The number of anilines is 2. The topological polar surface area (TPSA) is 77.2 Å². The van der Waals surface area contributed by atoms with Crippen LogP contribution in [0.1, 0.15) is 25.5 Å². The minimum absolute atomic E-state index is 0.117. The molecule has 1 atom stereocenters. The Bertz CT molecular complexity index is 434. The van der Waals surface area contributed by atoms with Crippen LogP contribution < -0.4 is 11.1 Å². The number of nitrogens with two attached hydrogens (primary N) is 1. The molecule has 0 unspecified atom stereocenters. The Labute approximate surface area is 107 Å². The fourth-order valence-corrected chi connectivity index (χ4v) is 2.18. The largest absolute Gasteiger partial charge is 0.466 e. The van der Waals surface area contributed by atoms with E-state index in [0.29, 0.717) is 24.6 Å². The van der Waals surface area contributed by atoms with Gasteiger partial charge in [0.15, 0.2) is 0 Å². The van der Waals surface area contributed by atoms with Crippen LogP contribution in [0.3, 0.4) is 0 Å². The van der Waals surface area contributed by atoms with E-state index in [1.807, 2.05) is 13.0 Å². The number of nitrogen functional groups attached to an aromatic ring is 1. The summed E-state index contributed by atoms with van der Waals surface area (Å²) in [5, 5.41) is 3.31. The van der Waals surface area contributed by atoms with Gasteiger partial charge >= 0.3 is 5.97 Å². The standard InChI is InChI=1S/C13H19N3O2/c1-2-18-13(17)4-3-9-5-11-12(15-7-9)6-10(14)8-16-11/h6,8-9,15H,2-5,7,14H2,1H3/t9-/m0/s1. The molecule has 0 fully saturated rings. The van der Waals surface area contributed by atoms with Crippen LogP contribution in [0.4, 0.5) is 11.4 Å². The van der Waals surface area contributed by atoms with Crippen LogP contribution in [0.15, 0.2) is 12.3 Å². The maximum absolute atomic E-state index is 11.3. The fraction of sp³-hybridized carbons (Fsp3) is 0.538. The third-order valence-electron chi connectivity index (χ3n) is 3.12. The number of pyridine rings is 1. The Kier molecular flexibility index (Phi) is 4.02. The minimum Gasteiger partial charge on any atom is -0.466 e. The molecule has 98 valence electrons. The first-order valence-corrected chi connectivity index (χ1v) is 6.33. The van der Waals surface area contributed by atoms with E-state index in [1.54, 1.807) is 6.20 Å². The van der Waals surface area contributed by atoms with E-state index in [1.165, 1.54) is 0 Å². The molecule has 0 aliphatic carbocycles. The first kappa shape index (κ1) is 12.7. The van der Waals surface area contributed by atoms with Crippen molar-refractivity contribution in [1.29, 1.82) is 0 Å². The molecule has 0 spiro atoms. The van der Waals surface area contributed by atoms with Gasteiger partial charge in [-0.2, -0.15) is 0 Å². The third kappa shape index (κ3) is 3.12. The van der Waals surface area contributed by atoms with Crippen molar-refractivity contribution in [3.63, 3.8) is 0 Å². The zero-order chi connectivity index (χ0) is 13.0. The van der Waals surface area contributed by atoms with Gasteiger partial charge in [-0.25, -0.2) is 0 Å². The van der Waals surface area contributed by atoms with Crippen LogP contribution in [0, 0.1) is 5.92 Å². The van der Waals surface area contributed by atoms with E-state index in [0.717, 1.165) is 30.8 Å². The fourth-order valence-electron chi connectivity index (χ4n) is 2.18. The molecule has 0 aromatic carbocycles. The van der Waals surface area contributed by atoms with Gasteiger partial charge in [0.25, 0.3) is 0 Å². The van der Waals surface area contributed by atoms with E-state index in [2.05, 4.69) is 10.3 Å². The van der Waals surface area contributed by atoms with E-state index >= 15 is 0 Å². The van der Waals surface area contributed by atoms with Crippen LogP contribution >= 0.6 is 0 Å². The lowest BCUT2D eigenvalue weighted by molar-refractivity contribution is -0.143. The van der Waals surface area contributed by atoms with Gasteiger partial charge in [0.2, 0.25) is 0 Å². The quantitative estimate of drug-likeness (QED) is 0.792. The molecule has 5 nitrogen and oxygen atoms in total. The molecule has 2 rings (SSSR count). The summed E-state index contributed by atoms with van der Waals surface area (Å²) in [4.78, 5) is 15.6. The van der Waals surface area contributed by atoms with Gasteiger partial charge < -0.3 is 15.8 Å². The highest BCUT2D eigenvalue weighted by Gasteiger charge is 2.20. The van der Waals surface area contributed by atoms with Gasteiger partial charge in [0.05, 0.1) is 29.9 Å². The van der Waals surface area contributed by atoms with Crippen LogP contribution in [0.25, 0.3) is 0 Å². The predicted molar refractivity (Wildman–Crippen MR) is 70.2 cm³/mol. The summed E-state index contributed by atoms with van der Waals surface area (Å²) in [5.41, 5.74) is 8.40. The number of rotatable bonds is 4. The first-order chi connectivity index (χ1) is 8.69. The number of carbonyl (C=O) groups is 1. The second-order valence-corrected chi connectivity index (χ2v) is 4.56. The van der Waals surface area contributed by atoms with Crippen molar-refractivity contribution >= 4 is 17.3 Å².